The number of rotatable bonds is 3. The van der Waals surface area contributed by atoms with E-state index in [1.165, 1.54) is 6.26 Å². The summed E-state index contributed by atoms with van der Waals surface area (Å²) in [6.07, 6.45) is 8.03. The Bertz CT molecular complexity index is 420. The van der Waals surface area contributed by atoms with Crippen LogP contribution >= 0.6 is 0 Å². The van der Waals surface area contributed by atoms with Crippen LogP contribution in [0, 0.1) is 0 Å². The van der Waals surface area contributed by atoms with E-state index in [4.69, 9.17) is 4.42 Å². The van der Waals surface area contributed by atoms with Crippen molar-refractivity contribution in [2.24, 2.45) is 0 Å². The molecule has 2 heterocycles. The fourth-order valence-corrected chi connectivity index (χ4v) is 1.30. The smallest absolute Gasteiger partial charge is 0.153 e. The Morgan fingerprint density at radius 2 is 2.36 bits per heavy atom. The molecule has 70 valence electrons. The molecule has 0 bridgehead atoms. The second-order valence-corrected chi connectivity index (χ2v) is 3.01. The number of nitrogens with zero attached hydrogens (tertiary/aromatic N) is 1. The second-order valence-electron chi connectivity index (χ2n) is 3.01. The molecule has 0 atom stereocenters. The lowest BCUT2D eigenvalue weighted by molar-refractivity contribution is 0.112. The van der Waals surface area contributed by atoms with E-state index in [9.17, 15) is 4.79 Å². The SMILES string of the molecule is O=Cc1cocc1Cc1cccnc1. The molecular formula is C11H9NO2. The average Bonchev–Trinajstić information content (AvgIpc) is 2.67. The zero-order chi connectivity index (χ0) is 9.80. The van der Waals surface area contributed by atoms with E-state index < -0.39 is 0 Å². The molecule has 3 heteroatoms. The molecule has 0 saturated carbocycles. The summed E-state index contributed by atoms with van der Waals surface area (Å²) in [5.74, 6) is 0. The minimum atomic E-state index is 0.605. The molecule has 0 aliphatic carbocycles. The maximum atomic E-state index is 10.6. The fraction of sp³-hybridized carbons (Fsp3) is 0.0909. The summed E-state index contributed by atoms with van der Waals surface area (Å²) < 4.78 is 4.96. The summed E-state index contributed by atoms with van der Waals surface area (Å²) in [6, 6.07) is 3.84. The Hall–Kier alpha value is -1.90. The van der Waals surface area contributed by atoms with Crippen LogP contribution in [0.2, 0.25) is 0 Å². The fourth-order valence-electron chi connectivity index (χ4n) is 1.30. The van der Waals surface area contributed by atoms with Crippen LogP contribution in [-0.2, 0) is 6.42 Å². The summed E-state index contributed by atoms with van der Waals surface area (Å²) in [5.41, 5.74) is 2.57. The van der Waals surface area contributed by atoms with Gasteiger partial charge in [-0.25, -0.2) is 0 Å². The van der Waals surface area contributed by atoms with Crippen LogP contribution in [0.15, 0.2) is 41.5 Å². The number of carbonyl (C=O) groups is 1. The van der Waals surface area contributed by atoms with Gasteiger partial charge in [0.2, 0.25) is 0 Å². The van der Waals surface area contributed by atoms with Crippen molar-refractivity contribution in [2.75, 3.05) is 0 Å². The first-order valence-corrected chi connectivity index (χ1v) is 4.29. The van der Waals surface area contributed by atoms with Gasteiger partial charge in [0.05, 0.1) is 11.8 Å². The van der Waals surface area contributed by atoms with Crippen LogP contribution in [0.1, 0.15) is 21.5 Å². The molecule has 0 radical (unpaired) electrons. The first-order valence-electron chi connectivity index (χ1n) is 4.29. The third kappa shape index (κ3) is 1.71. The largest absolute Gasteiger partial charge is 0.472 e. The van der Waals surface area contributed by atoms with E-state index in [1.807, 2.05) is 12.1 Å². The third-order valence-electron chi connectivity index (χ3n) is 2.02. The van der Waals surface area contributed by atoms with Gasteiger partial charge in [0.25, 0.3) is 0 Å². The van der Waals surface area contributed by atoms with Gasteiger partial charge < -0.3 is 4.42 Å². The van der Waals surface area contributed by atoms with E-state index >= 15 is 0 Å². The van der Waals surface area contributed by atoms with Crippen molar-refractivity contribution in [1.82, 2.24) is 4.98 Å². The molecule has 3 nitrogen and oxygen atoms in total. The summed E-state index contributed by atoms with van der Waals surface area (Å²) in [4.78, 5) is 14.6. The molecule has 0 amide bonds. The zero-order valence-corrected chi connectivity index (χ0v) is 7.51. The zero-order valence-electron chi connectivity index (χ0n) is 7.51. The van der Waals surface area contributed by atoms with Crippen molar-refractivity contribution >= 4 is 6.29 Å². The van der Waals surface area contributed by atoms with Gasteiger partial charge in [0.15, 0.2) is 6.29 Å². The Labute approximate surface area is 81.4 Å². The van der Waals surface area contributed by atoms with Gasteiger partial charge in [-0.1, -0.05) is 6.07 Å². The summed E-state index contributed by atoms with van der Waals surface area (Å²) >= 11 is 0. The monoisotopic (exact) mass is 187 g/mol. The quantitative estimate of drug-likeness (QED) is 0.691. The van der Waals surface area contributed by atoms with E-state index in [0.717, 1.165) is 17.4 Å². The Morgan fingerprint density at radius 1 is 1.43 bits per heavy atom. The van der Waals surface area contributed by atoms with Crippen molar-refractivity contribution in [2.45, 2.75) is 6.42 Å². The number of hydrogen-bond acceptors (Lipinski definition) is 3. The van der Waals surface area contributed by atoms with Crippen LogP contribution < -0.4 is 0 Å². The van der Waals surface area contributed by atoms with Crippen molar-refractivity contribution in [3.8, 4) is 0 Å². The van der Waals surface area contributed by atoms with Crippen LogP contribution in [0.5, 0.6) is 0 Å². The number of aldehydes is 1. The van der Waals surface area contributed by atoms with Gasteiger partial charge in [-0.2, -0.15) is 0 Å². The van der Waals surface area contributed by atoms with E-state index in [0.29, 0.717) is 12.0 Å². The predicted octanol–water partition coefficient (Wildman–Crippen LogP) is 2.08. The lowest BCUT2D eigenvalue weighted by atomic mass is 10.1. The van der Waals surface area contributed by atoms with E-state index in [2.05, 4.69) is 4.98 Å². The third-order valence-corrected chi connectivity index (χ3v) is 2.02. The van der Waals surface area contributed by atoms with Crippen molar-refractivity contribution in [1.29, 1.82) is 0 Å². The van der Waals surface area contributed by atoms with Gasteiger partial charge >= 0.3 is 0 Å². The molecule has 0 unspecified atom stereocenters. The van der Waals surface area contributed by atoms with E-state index in [1.54, 1.807) is 18.7 Å². The maximum absolute atomic E-state index is 10.6. The summed E-state index contributed by atoms with van der Waals surface area (Å²) in [7, 11) is 0. The minimum Gasteiger partial charge on any atom is -0.472 e. The number of pyridine rings is 1. The predicted molar refractivity (Wildman–Crippen MR) is 51.1 cm³/mol. The van der Waals surface area contributed by atoms with Gasteiger partial charge in [-0.05, 0) is 11.6 Å². The highest BCUT2D eigenvalue weighted by Crippen LogP contribution is 2.13. The lowest BCUT2D eigenvalue weighted by Gasteiger charge is -1.97. The average molecular weight is 187 g/mol. The molecule has 14 heavy (non-hydrogen) atoms. The van der Waals surface area contributed by atoms with Crippen LogP contribution in [-0.4, -0.2) is 11.3 Å². The highest BCUT2D eigenvalue weighted by molar-refractivity contribution is 5.76. The summed E-state index contributed by atoms with van der Waals surface area (Å²) in [6.45, 7) is 0. The molecule has 0 fully saturated rings. The van der Waals surface area contributed by atoms with Gasteiger partial charge in [-0.3, -0.25) is 9.78 Å². The Balaban J connectivity index is 2.23. The van der Waals surface area contributed by atoms with E-state index in [-0.39, 0.29) is 0 Å². The van der Waals surface area contributed by atoms with Crippen molar-refractivity contribution in [3.05, 3.63) is 53.7 Å². The molecule has 0 aromatic carbocycles. The van der Waals surface area contributed by atoms with Gasteiger partial charge in [-0.15, -0.1) is 0 Å². The van der Waals surface area contributed by atoms with Gasteiger partial charge in [0.1, 0.15) is 6.26 Å². The van der Waals surface area contributed by atoms with Crippen LogP contribution in [0.4, 0.5) is 0 Å². The molecule has 2 rings (SSSR count). The molecule has 0 spiro atoms. The second kappa shape index (κ2) is 3.87. The van der Waals surface area contributed by atoms with Crippen LogP contribution in [0.3, 0.4) is 0 Å². The molecular weight excluding hydrogens is 178 g/mol. The minimum absolute atomic E-state index is 0.605. The molecule has 0 N–H and O–H groups in total. The molecule has 0 aliphatic rings. The molecule has 0 saturated heterocycles. The first-order chi connectivity index (χ1) is 6.90. The topological polar surface area (TPSA) is 43.1 Å². The number of aromatic nitrogens is 1. The van der Waals surface area contributed by atoms with Gasteiger partial charge in [0, 0.05) is 24.4 Å². The standard InChI is InChI=1S/C11H9NO2/c13-6-11-8-14-7-10(11)4-9-2-1-3-12-5-9/h1-3,5-8H,4H2. The highest BCUT2D eigenvalue weighted by Gasteiger charge is 2.04. The number of carbonyl (C=O) groups excluding carboxylic acids is 1. The van der Waals surface area contributed by atoms with Crippen molar-refractivity contribution in [3.63, 3.8) is 0 Å². The van der Waals surface area contributed by atoms with Crippen molar-refractivity contribution < 1.29 is 9.21 Å². The van der Waals surface area contributed by atoms with Crippen LogP contribution in [0.25, 0.3) is 0 Å². The number of furan rings is 1. The Kier molecular flexibility index (Phi) is 2.40. The normalized spacial score (nSPS) is 10.0. The molecule has 0 aliphatic heterocycles. The highest BCUT2D eigenvalue weighted by atomic mass is 16.3. The first kappa shape index (κ1) is 8.69. The molecule has 2 aromatic rings. The number of hydrogen-bond donors (Lipinski definition) is 0. The molecule has 2 aromatic heterocycles. The maximum Gasteiger partial charge on any atom is 0.153 e. The summed E-state index contributed by atoms with van der Waals surface area (Å²) in [5, 5.41) is 0. The Morgan fingerprint density at radius 3 is 3.07 bits per heavy atom. The lowest BCUT2D eigenvalue weighted by Crippen LogP contribution is -1.90.